The first-order chi connectivity index (χ1) is 16.8. The first kappa shape index (κ1) is 23.4. The van der Waals surface area contributed by atoms with Gasteiger partial charge in [-0.25, -0.2) is 9.59 Å². The van der Waals surface area contributed by atoms with Gasteiger partial charge in [-0.15, -0.1) is 0 Å². The van der Waals surface area contributed by atoms with Gasteiger partial charge in [-0.2, -0.15) is 0 Å². The predicted octanol–water partition coefficient (Wildman–Crippen LogP) is 3.40. The number of hydrogen-bond acceptors (Lipinski definition) is 5. The zero-order chi connectivity index (χ0) is 24.6. The van der Waals surface area contributed by atoms with Crippen LogP contribution in [0.2, 0.25) is 0 Å². The number of aliphatic carboxylic acids is 1. The summed E-state index contributed by atoms with van der Waals surface area (Å²) in [4.78, 5) is 38.0. The van der Waals surface area contributed by atoms with Crippen LogP contribution in [0.1, 0.15) is 43.2 Å². The summed E-state index contributed by atoms with van der Waals surface area (Å²) in [6.45, 7) is 2.51. The number of carboxylic acids is 1. The molecule has 2 N–H and O–H groups in total. The number of carbonyl (C=O) groups excluding carboxylic acids is 2. The Morgan fingerprint density at radius 1 is 1.03 bits per heavy atom. The van der Waals surface area contributed by atoms with Crippen molar-refractivity contribution in [3.63, 3.8) is 0 Å². The highest BCUT2D eigenvalue weighted by molar-refractivity contribution is 5.81. The lowest BCUT2D eigenvalue weighted by atomic mass is 9.90. The van der Waals surface area contributed by atoms with Gasteiger partial charge in [0.1, 0.15) is 13.2 Å². The Morgan fingerprint density at radius 2 is 1.63 bits per heavy atom. The van der Waals surface area contributed by atoms with Crippen molar-refractivity contribution in [3.05, 3.63) is 59.7 Å². The number of carboxylic acid groups (broad SMARTS) is 1. The molecule has 3 aliphatic rings. The number of ether oxygens (including phenoxy) is 2. The fourth-order valence-electron chi connectivity index (χ4n) is 5.24. The molecule has 2 fully saturated rings. The van der Waals surface area contributed by atoms with Gasteiger partial charge in [0.05, 0.1) is 18.1 Å². The summed E-state index contributed by atoms with van der Waals surface area (Å²) < 4.78 is 10.9. The molecule has 0 spiro atoms. The summed E-state index contributed by atoms with van der Waals surface area (Å²) in [6, 6.07) is 16.4. The highest BCUT2D eigenvalue weighted by Gasteiger charge is 2.46. The van der Waals surface area contributed by atoms with Crippen molar-refractivity contribution in [2.45, 2.75) is 43.7 Å². The van der Waals surface area contributed by atoms with E-state index in [1.165, 1.54) is 11.1 Å². The Balaban J connectivity index is 1.17. The maximum Gasteiger partial charge on any atom is 0.407 e. The lowest BCUT2D eigenvalue weighted by Crippen LogP contribution is -2.58. The predicted molar refractivity (Wildman–Crippen MR) is 128 cm³/mol. The van der Waals surface area contributed by atoms with Crippen molar-refractivity contribution in [3.8, 4) is 11.1 Å². The van der Waals surface area contributed by atoms with Crippen LogP contribution in [0.15, 0.2) is 48.5 Å². The van der Waals surface area contributed by atoms with Crippen LogP contribution in [0.3, 0.4) is 0 Å². The number of likely N-dealkylation sites (tertiary alicyclic amines) is 1. The molecular formula is C27H30N2O6. The summed E-state index contributed by atoms with van der Waals surface area (Å²) in [5.74, 6) is -0.894. The van der Waals surface area contributed by atoms with E-state index in [-0.39, 0.29) is 43.5 Å². The Morgan fingerprint density at radius 3 is 2.20 bits per heavy atom. The van der Waals surface area contributed by atoms with Gasteiger partial charge in [0.2, 0.25) is 5.91 Å². The number of nitrogens with one attached hydrogen (secondary N) is 1. The maximum atomic E-state index is 12.9. The van der Waals surface area contributed by atoms with Crippen molar-refractivity contribution in [2.24, 2.45) is 5.92 Å². The van der Waals surface area contributed by atoms with E-state index in [0.717, 1.165) is 24.0 Å². The summed E-state index contributed by atoms with van der Waals surface area (Å²) in [6.07, 6.45) is 1.32. The highest BCUT2D eigenvalue weighted by atomic mass is 16.5. The molecule has 35 heavy (non-hydrogen) atoms. The molecule has 5 rings (SSSR count). The van der Waals surface area contributed by atoms with Gasteiger partial charge in [0.15, 0.2) is 0 Å². The normalized spacial score (nSPS) is 18.7. The van der Waals surface area contributed by atoms with Gasteiger partial charge < -0.3 is 24.8 Å². The number of amides is 2. The van der Waals surface area contributed by atoms with Gasteiger partial charge in [-0.1, -0.05) is 48.5 Å². The summed E-state index contributed by atoms with van der Waals surface area (Å²) in [5.41, 5.74) is 3.96. The molecule has 184 valence electrons. The third-order valence-electron chi connectivity index (χ3n) is 7.37. The summed E-state index contributed by atoms with van der Waals surface area (Å²) in [5, 5.41) is 11.7. The SMILES string of the molecule is CC(CC(=O)N1CC(OCC(=O)O)C1)(NC(=O)OCC1c2ccccc2-c2ccccc21)C1CC1. The van der Waals surface area contributed by atoms with Crippen molar-refractivity contribution >= 4 is 18.0 Å². The second-order valence-corrected chi connectivity index (χ2v) is 9.94. The fourth-order valence-corrected chi connectivity index (χ4v) is 5.24. The molecule has 0 bridgehead atoms. The molecule has 1 saturated carbocycles. The molecule has 2 amide bonds. The fraction of sp³-hybridized carbons (Fsp3) is 0.444. The number of nitrogens with zero attached hydrogens (tertiary/aromatic N) is 1. The molecule has 8 heteroatoms. The number of fused-ring (bicyclic) bond motifs is 3. The minimum atomic E-state index is -1.02. The van der Waals surface area contributed by atoms with E-state index in [2.05, 4.69) is 29.6 Å². The first-order valence-corrected chi connectivity index (χ1v) is 12.1. The average molecular weight is 479 g/mol. The Bertz CT molecular complexity index is 1090. The topological polar surface area (TPSA) is 105 Å². The second kappa shape index (κ2) is 9.34. The first-order valence-electron chi connectivity index (χ1n) is 12.1. The zero-order valence-electron chi connectivity index (χ0n) is 19.7. The molecule has 2 aliphatic carbocycles. The minimum absolute atomic E-state index is 0.0224. The largest absolute Gasteiger partial charge is 0.480 e. The van der Waals surface area contributed by atoms with Crippen LogP contribution >= 0.6 is 0 Å². The van der Waals surface area contributed by atoms with E-state index < -0.39 is 17.6 Å². The number of rotatable bonds is 9. The van der Waals surface area contributed by atoms with Gasteiger partial charge in [0, 0.05) is 19.0 Å². The van der Waals surface area contributed by atoms with Gasteiger partial charge >= 0.3 is 12.1 Å². The van der Waals surface area contributed by atoms with E-state index in [1.54, 1.807) is 4.90 Å². The van der Waals surface area contributed by atoms with Gasteiger partial charge in [-0.3, -0.25) is 4.79 Å². The van der Waals surface area contributed by atoms with Crippen molar-refractivity contribution < 1.29 is 29.0 Å². The Kier molecular flexibility index (Phi) is 6.23. The van der Waals surface area contributed by atoms with E-state index in [4.69, 9.17) is 14.6 Å². The van der Waals surface area contributed by atoms with Crippen LogP contribution < -0.4 is 5.32 Å². The molecule has 1 saturated heterocycles. The van der Waals surface area contributed by atoms with Crippen molar-refractivity contribution in [1.29, 1.82) is 0 Å². The third kappa shape index (κ3) is 4.89. The molecule has 2 aromatic carbocycles. The smallest absolute Gasteiger partial charge is 0.407 e. The van der Waals surface area contributed by atoms with Crippen LogP contribution in [-0.2, 0) is 19.1 Å². The highest BCUT2D eigenvalue weighted by Crippen LogP contribution is 2.45. The van der Waals surface area contributed by atoms with Crippen molar-refractivity contribution in [2.75, 3.05) is 26.3 Å². The number of carbonyl (C=O) groups is 3. The number of alkyl carbamates (subject to hydrolysis) is 1. The van der Waals surface area contributed by atoms with Crippen LogP contribution in [-0.4, -0.2) is 65.9 Å². The average Bonchev–Trinajstić information content (AvgIpc) is 3.60. The molecule has 1 aliphatic heterocycles. The second-order valence-electron chi connectivity index (χ2n) is 9.94. The molecule has 0 radical (unpaired) electrons. The quantitative estimate of drug-likeness (QED) is 0.572. The molecular weight excluding hydrogens is 448 g/mol. The summed E-state index contributed by atoms with van der Waals surface area (Å²) >= 11 is 0. The lowest BCUT2D eigenvalue weighted by molar-refractivity contribution is -0.155. The van der Waals surface area contributed by atoms with Crippen molar-refractivity contribution in [1.82, 2.24) is 10.2 Å². The Labute approximate surface area is 204 Å². The molecule has 8 nitrogen and oxygen atoms in total. The number of hydrogen-bond donors (Lipinski definition) is 2. The van der Waals surface area contributed by atoms with E-state index in [1.807, 2.05) is 31.2 Å². The summed E-state index contributed by atoms with van der Waals surface area (Å²) in [7, 11) is 0. The van der Waals surface area contributed by atoms with E-state index in [0.29, 0.717) is 13.1 Å². The van der Waals surface area contributed by atoms with Crippen LogP contribution in [0, 0.1) is 5.92 Å². The number of benzene rings is 2. The monoisotopic (exact) mass is 478 g/mol. The molecule has 1 unspecified atom stereocenters. The van der Waals surface area contributed by atoms with Gasteiger partial charge in [-0.05, 0) is 47.9 Å². The maximum absolute atomic E-state index is 12.9. The van der Waals surface area contributed by atoms with Gasteiger partial charge in [0.25, 0.3) is 0 Å². The zero-order valence-corrected chi connectivity index (χ0v) is 19.7. The molecule has 1 heterocycles. The Hall–Kier alpha value is -3.39. The van der Waals surface area contributed by atoms with Crippen LogP contribution in [0.4, 0.5) is 4.79 Å². The van der Waals surface area contributed by atoms with Crippen LogP contribution in [0.5, 0.6) is 0 Å². The minimum Gasteiger partial charge on any atom is -0.480 e. The lowest BCUT2D eigenvalue weighted by Gasteiger charge is -2.41. The molecule has 0 aromatic heterocycles. The third-order valence-corrected chi connectivity index (χ3v) is 7.37. The standard InChI is InChI=1S/C27H30N2O6/c1-27(17-10-11-17,12-24(30)29-13-18(14-29)34-16-25(31)32)28-26(33)35-15-23-21-8-4-2-6-19(21)20-7-3-5-9-22(20)23/h2-9,17-18,23H,10-16H2,1H3,(H,28,33)(H,31,32). The van der Waals surface area contributed by atoms with Crippen LogP contribution in [0.25, 0.3) is 11.1 Å². The molecule has 1 atom stereocenters. The molecule has 2 aromatic rings. The van der Waals surface area contributed by atoms with E-state index in [9.17, 15) is 14.4 Å². The van der Waals surface area contributed by atoms with E-state index >= 15 is 0 Å².